The van der Waals surface area contributed by atoms with Crippen molar-refractivity contribution in [1.82, 2.24) is 9.13 Å². The van der Waals surface area contributed by atoms with Gasteiger partial charge in [-0.15, -0.1) is 0 Å². The van der Waals surface area contributed by atoms with E-state index in [9.17, 15) is 0 Å². The Hall–Kier alpha value is -5.32. The Morgan fingerprint density at radius 3 is 1.91 bits per heavy atom. The van der Waals surface area contributed by atoms with Gasteiger partial charge in [0.15, 0.2) is 0 Å². The Morgan fingerprint density at radius 1 is 0.565 bits per heavy atom. The van der Waals surface area contributed by atoms with Crippen LogP contribution in [0.5, 0.6) is 5.75 Å². The number of nitrogens with zero attached hydrogens (tertiary/aromatic N) is 2. The topological polar surface area (TPSA) is 19.1 Å². The second-order valence-electron chi connectivity index (χ2n) is 12.2. The molecular weight excluding hydrogens is 628 g/mol. The summed E-state index contributed by atoms with van der Waals surface area (Å²) in [6.45, 7) is 0. The van der Waals surface area contributed by atoms with Crippen molar-refractivity contribution >= 4 is 65.1 Å². The van der Waals surface area contributed by atoms with Crippen molar-refractivity contribution in [3.05, 3.63) is 156 Å². The number of rotatable bonds is 3. The second kappa shape index (κ2) is 9.84. The maximum atomic E-state index is 6.32. The van der Waals surface area contributed by atoms with E-state index < -0.39 is 0 Å². The lowest BCUT2D eigenvalue weighted by Gasteiger charge is -2.14. The molecule has 1 aliphatic carbocycles. The number of para-hydroxylation sites is 3. The maximum Gasteiger partial charge on any atom is 0.129 e. The fourth-order valence-electron chi connectivity index (χ4n) is 7.66. The molecule has 3 heterocycles. The van der Waals surface area contributed by atoms with E-state index in [4.69, 9.17) is 4.74 Å². The first-order valence-electron chi connectivity index (χ1n) is 15.7. The van der Waals surface area contributed by atoms with Crippen LogP contribution in [0.2, 0.25) is 0 Å². The van der Waals surface area contributed by atoms with Gasteiger partial charge < -0.3 is 13.9 Å². The summed E-state index contributed by atoms with van der Waals surface area (Å²) >= 11 is 3.79. The lowest BCUT2D eigenvalue weighted by molar-refractivity contribution is 0.279. The number of hydrogen-bond acceptors (Lipinski definition) is 1. The summed E-state index contributed by atoms with van der Waals surface area (Å²) in [6, 6.07) is 48.5. The lowest BCUT2D eigenvalue weighted by Crippen LogP contribution is -2.13. The van der Waals surface area contributed by atoms with Gasteiger partial charge in [-0.2, -0.15) is 0 Å². The van der Waals surface area contributed by atoms with Gasteiger partial charge in [-0.05, 0) is 65.7 Å². The molecule has 0 fully saturated rings. The molecule has 0 saturated carbocycles. The highest BCUT2D eigenvalue weighted by atomic mass is 79.9. The average molecular weight is 656 g/mol. The molecular formula is C42H27BrN2O. The molecule has 0 N–H and O–H groups in total. The number of halogens is 1. The average Bonchev–Trinajstić information content (AvgIpc) is 3.76. The number of fused-ring (bicyclic) bond motifs is 10. The third-order valence-electron chi connectivity index (χ3n) is 9.66. The molecule has 0 bridgehead atoms. The summed E-state index contributed by atoms with van der Waals surface area (Å²) in [5, 5.41) is 4.98. The van der Waals surface area contributed by atoms with Gasteiger partial charge in [0, 0.05) is 55.0 Å². The molecule has 4 heteroatoms. The normalized spacial score (nSPS) is 15.6. The largest absolute Gasteiger partial charge is 0.485 e. The maximum absolute atomic E-state index is 6.32. The smallest absolute Gasteiger partial charge is 0.129 e. The lowest BCUT2D eigenvalue weighted by atomic mass is 9.93. The molecule has 3 nitrogen and oxygen atoms in total. The van der Waals surface area contributed by atoms with Gasteiger partial charge in [0.1, 0.15) is 11.9 Å². The Kier molecular flexibility index (Phi) is 5.55. The van der Waals surface area contributed by atoms with Crippen molar-refractivity contribution in [3.63, 3.8) is 0 Å². The van der Waals surface area contributed by atoms with Gasteiger partial charge in [-0.25, -0.2) is 0 Å². The van der Waals surface area contributed by atoms with E-state index >= 15 is 0 Å². The zero-order valence-electron chi connectivity index (χ0n) is 24.8. The molecule has 8 aromatic rings. The Balaban J connectivity index is 1.29. The molecule has 0 saturated heterocycles. The standard InChI is InChI=1S/C42H27BrN2O/c43-35-15-9-17-39-40(35)34-25-27(19-23-38(34)46-39)26-18-22-37-33(24-26)32-21-20-31-30-14-7-8-16-36(30)44(28-10-3-1-4-11-28)41(31)42(32)45(37)29-12-5-2-6-13-29/h1-16,18-25,39H,17H2. The molecule has 218 valence electrons. The van der Waals surface area contributed by atoms with Gasteiger partial charge in [-0.1, -0.05) is 107 Å². The van der Waals surface area contributed by atoms with Crippen molar-refractivity contribution in [2.24, 2.45) is 0 Å². The number of benzene rings is 6. The van der Waals surface area contributed by atoms with Crippen LogP contribution in [-0.2, 0) is 0 Å². The van der Waals surface area contributed by atoms with Crippen molar-refractivity contribution < 1.29 is 4.74 Å². The molecule has 2 aromatic heterocycles. The summed E-state index contributed by atoms with van der Waals surface area (Å²) in [5.41, 5.74) is 11.9. The van der Waals surface area contributed by atoms with Gasteiger partial charge in [0.25, 0.3) is 0 Å². The van der Waals surface area contributed by atoms with Crippen LogP contribution >= 0.6 is 15.9 Å². The van der Waals surface area contributed by atoms with Crippen molar-refractivity contribution in [2.75, 3.05) is 0 Å². The Labute approximate surface area is 274 Å². The predicted molar refractivity (Wildman–Crippen MR) is 195 cm³/mol. The van der Waals surface area contributed by atoms with Crippen LogP contribution in [0.15, 0.2) is 150 Å². The van der Waals surface area contributed by atoms with E-state index in [1.165, 1.54) is 65.9 Å². The molecule has 46 heavy (non-hydrogen) atoms. The fraction of sp³-hybridized carbons (Fsp3) is 0.0476. The quantitative estimate of drug-likeness (QED) is 0.185. The van der Waals surface area contributed by atoms with Crippen molar-refractivity contribution in [1.29, 1.82) is 0 Å². The first kappa shape index (κ1) is 26.0. The third-order valence-corrected chi connectivity index (χ3v) is 10.3. The Bertz CT molecular complexity index is 2590. The molecule has 2 aliphatic rings. The van der Waals surface area contributed by atoms with Gasteiger partial charge in [-0.3, -0.25) is 0 Å². The SMILES string of the molecule is BrC1=C2c3cc(-c4ccc5c(c4)c4ccc6c7ccccc7n(-c7ccccc7)c6c4n5-c4ccccc4)ccc3OC2CC=C1. The number of allylic oxidation sites excluding steroid dienone is 2. The van der Waals surface area contributed by atoms with E-state index in [2.05, 4.69) is 171 Å². The molecule has 0 amide bonds. The van der Waals surface area contributed by atoms with Crippen molar-refractivity contribution in [3.8, 4) is 28.3 Å². The first-order chi connectivity index (χ1) is 22.7. The van der Waals surface area contributed by atoms with Crippen LogP contribution in [0, 0.1) is 0 Å². The summed E-state index contributed by atoms with van der Waals surface area (Å²) in [6.07, 6.45) is 5.30. The number of aromatic nitrogens is 2. The first-order valence-corrected chi connectivity index (χ1v) is 16.5. The Morgan fingerprint density at radius 2 is 1.17 bits per heavy atom. The molecule has 0 radical (unpaired) electrons. The molecule has 1 unspecified atom stereocenters. The summed E-state index contributed by atoms with van der Waals surface area (Å²) in [7, 11) is 0. The van der Waals surface area contributed by atoms with E-state index in [0.717, 1.165) is 28.0 Å². The van der Waals surface area contributed by atoms with E-state index in [0.29, 0.717) is 0 Å². The zero-order chi connectivity index (χ0) is 30.4. The highest BCUT2D eigenvalue weighted by Crippen LogP contribution is 2.47. The summed E-state index contributed by atoms with van der Waals surface area (Å²) in [5.74, 6) is 0.960. The van der Waals surface area contributed by atoms with Crippen LogP contribution in [0.25, 0.3) is 71.7 Å². The van der Waals surface area contributed by atoms with Gasteiger partial charge in [0.05, 0.1) is 22.1 Å². The fourth-order valence-corrected chi connectivity index (χ4v) is 8.32. The highest BCUT2D eigenvalue weighted by molar-refractivity contribution is 9.12. The highest BCUT2D eigenvalue weighted by Gasteiger charge is 2.31. The minimum absolute atomic E-state index is 0.0785. The van der Waals surface area contributed by atoms with Crippen LogP contribution in [0.3, 0.4) is 0 Å². The third kappa shape index (κ3) is 3.65. The van der Waals surface area contributed by atoms with Crippen LogP contribution < -0.4 is 4.74 Å². The molecule has 1 aliphatic heterocycles. The van der Waals surface area contributed by atoms with Crippen LogP contribution in [0.1, 0.15) is 12.0 Å². The summed E-state index contributed by atoms with van der Waals surface area (Å²) < 4.78 is 12.3. The predicted octanol–water partition coefficient (Wildman–Crippen LogP) is 11.4. The van der Waals surface area contributed by atoms with Crippen molar-refractivity contribution in [2.45, 2.75) is 12.5 Å². The number of hydrogen-bond donors (Lipinski definition) is 0. The molecule has 6 aromatic carbocycles. The van der Waals surface area contributed by atoms with Crippen LogP contribution in [-0.4, -0.2) is 15.2 Å². The monoisotopic (exact) mass is 654 g/mol. The minimum atomic E-state index is 0.0785. The van der Waals surface area contributed by atoms with Gasteiger partial charge in [0.2, 0.25) is 0 Å². The van der Waals surface area contributed by atoms with Crippen LogP contribution in [0.4, 0.5) is 0 Å². The second-order valence-corrected chi connectivity index (χ2v) is 13.0. The zero-order valence-corrected chi connectivity index (χ0v) is 26.4. The van der Waals surface area contributed by atoms with E-state index in [1.807, 2.05) is 0 Å². The van der Waals surface area contributed by atoms with Gasteiger partial charge >= 0.3 is 0 Å². The number of ether oxygens (including phenoxy) is 1. The summed E-state index contributed by atoms with van der Waals surface area (Å²) in [4.78, 5) is 0. The molecule has 1 atom stereocenters. The molecule has 0 spiro atoms. The van der Waals surface area contributed by atoms with E-state index in [-0.39, 0.29) is 6.10 Å². The van der Waals surface area contributed by atoms with E-state index in [1.54, 1.807) is 0 Å². The minimum Gasteiger partial charge on any atom is -0.485 e. The molecule has 10 rings (SSSR count).